The number of nitrogens with one attached hydrogen (secondary N) is 1. The van der Waals surface area contributed by atoms with Gasteiger partial charge >= 0.3 is 6.01 Å². The highest BCUT2D eigenvalue weighted by molar-refractivity contribution is 5.37. The summed E-state index contributed by atoms with van der Waals surface area (Å²) in [6, 6.07) is 0.329. The fraction of sp³-hybridized carbons (Fsp3) is 0.727. The lowest BCUT2D eigenvalue weighted by Crippen LogP contribution is -2.26. The van der Waals surface area contributed by atoms with E-state index in [-0.39, 0.29) is 0 Å². The number of hydrogen-bond acceptors (Lipinski definition) is 6. The van der Waals surface area contributed by atoms with Crippen molar-refractivity contribution in [3.63, 3.8) is 0 Å². The Labute approximate surface area is 102 Å². The molecule has 1 aromatic heterocycles. The topological polar surface area (TPSA) is 63.2 Å². The third-order valence-corrected chi connectivity index (χ3v) is 2.63. The minimum atomic E-state index is 0.329. The first-order valence-corrected chi connectivity index (χ1v) is 5.79. The summed E-state index contributed by atoms with van der Waals surface area (Å²) in [4.78, 5) is 14.6. The molecule has 0 spiro atoms. The molecule has 1 N–H and O–H groups in total. The molecule has 0 aliphatic rings. The van der Waals surface area contributed by atoms with Gasteiger partial charge in [0.25, 0.3) is 0 Å². The molecule has 0 saturated heterocycles. The lowest BCUT2D eigenvalue weighted by Gasteiger charge is -2.21. The predicted molar refractivity (Wildman–Crippen MR) is 68.7 cm³/mol. The SMILES string of the molecule is CCC(C)CN(C)c1nc(NC)nc(OC)n1. The smallest absolute Gasteiger partial charge is 0.322 e. The van der Waals surface area contributed by atoms with Crippen molar-refractivity contribution in [1.29, 1.82) is 0 Å². The summed E-state index contributed by atoms with van der Waals surface area (Å²) in [5, 5.41) is 2.90. The molecule has 6 nitrogen and oxygen atoms in total. The summed E-state index contributed by atoms with van der Waals surface area (Å²) in [5.74, 6) is 1.74. The van der Waals surface area contributed by atoms with E-state index in [2.05, 4.69) is 34.1 Å². The Kier molecular flexibility index (Phi) is 4.93. The van der Waals surface area contributed by atoms with Crippen molar-refractivity contribution in [3.8, 4) is 6.01 Å². The maximum absolute atomic E-state index is 5.05. The van der Waals surface area contributed by atoms with Crippen molar-refractivity contribution in [2.24, 2.45) is 5.92 Å². The largest absolute Gasteiger partial charge is 0.467 e. The zero-order chi connectivity index (χ0) is 12.8. The van der Waals surface area contributed by atoms with Gasteiger partial charge in [0.05, 0.1) is 7.11 Å². The second-order valence-electron chi connectivity index (χ2n) is 4.09. The van der Waals surface area contributed by atoms with E-state index in [9.17, 15) is 0 Å². The average Bonchev–Trinajstić information content (AvgIpc) is 2.37. The molecule has 1 atom stereocenters. The first-order valence-electron chi connectivity index (χ1n) is 5.79. The van der Waals surface area contributed by atoms with Crippen molar-refractivity contribution in [1.82, 2.24) is 15.0 Å². The van der Waals surface area contributed by atoms with Crippen LogP contribution in [-0.4, -0.2) is 42.7 Å². The number of nitrogens with zero attached hydrogens (tertiary/aromatic N) is 4. The molecule has 0 amide bonds. The molecule has 96 valence electrons. The molecule has 6 heteroatoms. The van der Waals surface area contributed by atoms with Crippen molar-refractivity contribution in [2.45, 2.75) is 20.3 Å². The Morgan fingerprint density at radius 2 is 2.06 bits per heavy atom. The highest BCUT2D eigenvalue weighted by Gasteiger charge is 2.12. The van der Waals surface area contributed by atoms with E-state index in [4.69, 9.17) is 4.74 Å². The standard InChI is InChI=1S/C11H21N5O/c1-6-8(2)7-16(4)10-13-9(12-3)14-11(15-10)17-5/h8H,6-7H2,1-5H3,(H,12,13,14,15). The highest BCUT2D eigenvalue weighted by Crippen LogP contribution is 2.15. The molecule has 0 aliphatic heterocycles. The maximum Gasteiger partial charge on any atom is 0.322 e. The number of methoxy groups -OCH3 is 1. The fourth-order valence-corrected chi connectivity index (χ4v) is 1.40. The van der Waals surface area contributed by atoms with Gasteiger partial charge in [0.2, 0.25) is 11.9 Å². The van der Waals surface area contributed by atoms with Gasteiger partial charge in [-0.2, -0.15) is 15.0 Å². The zero-order valence-corrected chi connectivity index (χ0v) is 11.2. The van der Waals surface area contributed by atoms with E-state index in [0.717, 1.165) is 13.0 Å². The van der Waals surface area contributed by atoms with Gasteiger partial charge in [-0.3, -0.25) is 0 Å². The van der Waals surface area contributed by atoms with Crippen LogP contribution in [-0.2, 0) is 0 Å². The number of aromatic nitrogens is 3. The van der Waals surface area contributed by atoms with Gasteiger partial charge in [-0.05, 0) is 5.92 Å². The molecule has 0 radical (unpaired) electrons. The highest BCUT2D eigenvalue weighted by atomic mass is 16.5. The number of hydrogen-bond donors (Lipinski definition) is 1. The summed E-state index contributed by atoms with van der Waals surface area (Å²) < 4.78 is 5.05. The number of anilines is 2. The third kappa shape index (κ3) is 3.72. The molecule has 0 aliphatic carbocycles. The first kappa shape index (κ1) is 13.5. The van der Waals surface area contributed by atoms with Crippen molar-refractivity contribution < 1.29 is 4.74 Å². The molecule has 1 rings (SSSR count). The second kappa shape index (κ2) is 6.22. The normalized spacial score (nSPS) is 12.1. The van der Waals surface area contributed by atoms with Crippen molar-refractivity contribution in [2.75, 3.05) is 38.0 Å². The van der Waals surface area contributed by atoms with E-state index in [1.165, 1.54) is 0 Å². The van der Waals surface area contributed by atoms with Gasteiger partial charge in [0.1, 0.15) is 0 Å². The summed E-state index contributed by atoms with van der Waals surface area (Å²) in [7, 11) is 5.29. The summed E-state index contributed by atoms with van der Waals surface area (Å²) in [5.41, 5.74) is 0. The van der Waals surface area contributed by atoms with Gasteiger partial charge in [0, 0.05) is 20.6 Å². The lowest BCUT2D eigenvalue weighted by molar-refractivity contribution is 0.378. The Morgan fingerprint density at radius 3 is 2.59 bits per heavy atom. The molecule has 1 unspecified atom stereocenters. The maximum atomic E-state index is 5.05. The van der Waals surface area contributed by atoms with Gasteiger partial charge in [-0.15, -0.1) is 0 Å². The molecular weight excluding hydrogens is 218 g/mol. The zero-order valence-electron chi connectivity index (χ0n) is 11.2. The van der Waals surface area contributed by atoms with Crippen molar-refractivity contribution in [3.05, 3.63) is 0 Å². The minimum Gasteiger partial charge on any atom is -0.467 e. The van der Waals surface area contributed by atoms with Gasteiger partial charge < -0.3 is 15.0 Å². The number of rotatable bonds is 6. The Hall–Kier alpha value is -1.59. The summed E-state index contributed by atoms with van der Waals surface area (Å²) >= 11 is 0. The molecule has 0 fully saturated rings. The quantitative estimate of drug-likeness (QED) is 0.809. The molecule has 17 heavy (non-hydrogen) atoms. The van der Waals surface area contributed by atoms with Crippen molar-refractivity contribution >= 4 is 11.9 Å². The van der Waals surface area contributed by atoms with E-state index in [1.807, 2.05) is 11.9 Å². The van der Waals surface area contributed by atoms with Crippen LogP contribution in [0.3, 0.4) is 0 Å². The summed E-state index contributed by atoms with van der Waals surface area (Å²) in [6.07, 6.45) is 1.13. The Morgan fingerprint density at radius 1 is 1.35 bits per heavy atom. The third-order valence-electron chi connectivity index (χ3n) is 2.63. The van der Waals surface area contributed by atoms with Crippen LogP contribution in [0.4, 0.5) is 11.9 Å². The van der Waals surface area contributed by atoms with E-state index in [1.54, 1.807) is 14.2 Å². The van der Waals surface area contributed by atoms with E-state index >= 15 is 0 Å². The van der Waals surface area contributed by atoms with E-state index < -0.39 is 0 Å². The monoisotopic (exact) mass is 239 g/mol. The molecule has 1 aromatic rings. The van der Waals surface area contributed by atoms with Crippen LogP contribution < -0.4 is 15.0 Å². The second-order valence-corrected chi connectivity index (χ2v) is 4.09. The van der Waals surface area contributed by atoms with Crippen LogP contribution in [0, 0.1) is 5.92 Å². The molecule has 0 bridgehead atoms. The lowest BCUT2D eigenvalue weighted by atomic mass is 10.1. The average molecular weight is 239 g/mol. The molecule has 1 heterocycles. The minimum absolute atomic E-state index is 0.329. The van der Waals surface area contributed by atoms with Crippen LogP contribution in [0.25, 0.3) is 0 Å². The van der Waals surface area contributed by atoms with Crippen LogP contribution >= 0.6 is 0 Å². The predicted octanol–water partition coefficient (Wildman–Crippen LogP) is 1.40. The first-order chi connectivity index (χ1) is 8.10. The van der Waals surface area contributed by atoms with Crippen LogP contribution in [0.15, 0.2) is 0 Å². The summed E-state index contributed by atoms with van der Waals surface area (Å²) in [6.45, 7) is 5.28. The van der Waals surface area contributed by atoms with Crippen LogP contribution in [0.2, 0.25) is 0 Å². The van der Waals surface area contributed by atoms with Crippen LogP contribution in [0.1, 0.15) is 20.3 Å². The Balaban J connectivity index is 2.88. The van der Waals surface area contributed by atoms with E-state index in [0.29, 0.717) is 23.8 Å². The fourth-order valence-electron chi connectivity index (χ4n) is 1.40. The van der Waals surface area contributed by atoms with Crippen LogP contribution in [0.5, 0.6) is 6.01 Å². The molecule has 0 saturated carbocycles. The number of ether oxygens (including phenoxy) is 1. The molecule has 0 aromatic carbocycles. The van der Waals surface area contributed by atoms with Gasteiger partial charge in [-0.1, -0.05) is 20.3 Å². The van der Waals surface area contributed by atoms with Gasteiger partial charge in [0.15, 0.2) is 0 Å². The Bertz CT molecular complexity index is 335. The van der Waals surface area contributed by atoms with Gasteiger partial charge in [-0.25, -0.2) is 0 Å². The molecular formula is C11H21N5O.